The van der Waals surface area contributed by atoms with Gasteiger partial charge in [-0.15, -0.1) is 11.8 Å². The molecule has 4 aliphatic rings. The van der Waals surface area contributed by atoms with E-state index in [1.54, 1.807) is 56.4 Å². The predicted molar refractivity (Wildman–Crippen MR) is 175 cm³/mol. The average Bonchev–Trinajstić information content (AvgIpc) is 3.49. The molecule has 13 heteroatoms. The number of hydrogen-bond acceptors (Lipinski definition) is 7. The van der Waals surface area contributed by atoms with Crippen molar-refractivity contribution < 1.29 is 29.1 Å². The summed E-state index contributed by atoms with van der Waals surface area (Å²) in [5.41, 5.74) is 2.04. The molecule has 4 amide bonds. The predicted octanol–water partition coefficient (Wildman–Crippen LogP) is 3.28. The second-order valence-electron chi connectivity index (χ2n) is 13.3. The summed E-state index contributed by atoms with van der Waals surface area (Å²) < 4.78 is 1.24. The molecule has 1 saturated carbocycles. The number of anilines is 1. The van der Waals surface area contributed by atoms with Crippen LogP contribution in [0.4, 0.5) is 5.69 Å². The molecule has 1 aromatic heterocycles. The first-order valence-electron chi connectivity index (χ1n) is 15.8. The lowest BCUT2D eigenvalue weighted by atomic mass is 9.82. The van der Waals surface area contributed by atoms with Crippen LogP contribution < -0.4 is 21.4 Å². The van der Waals surface area contributed by atoms with Crippen LogP contribution in [0.1, 0.15) is 85.9 Å². The van der Waals surface area contributed by atoms with Crippen LogP contribution in [0.15, 0.2) is 53.5 Å². The second-order valence-corrected chi connectivity index (χ2v) is 15.1. The van der Waals surface area contributed by atoms with Crippen LogP contribution in [-0.2, 0) is 19.2 Å². The third-order valence-electron chi connectivity index (χ3n) is 9.85. The SMILES string of the molecule is CC(=O)Nc1cc2c3c(c1)c(=O)c(C(=O)NC(C(=O)NC1C(=O)N4C1SC(C)(C)C4C(=O)O)c1ccccc1)cn3C1CCCCC21. The van der Waals surface area contributed by atoms with E-state index in [-0.39, 0.29) is 23.4 Å². The van der Waals surface area contributed by atoms with Crippen molar-refractivity contribution >= 4 is 58.0 Å². The topological polar surface area (TPSA) is 167 Å². The number of carbonyl (C=O) groups excluding carboxylic acids is 4. The lowest BCUT2D eigenvalue weighted by Gasteiger charge is -2.44. The highest BCUT2D eigenvalue weighted by Crippen LogP contribution is 2.51. The Hall–Kier alpha value is -4.65. The van der Waals surface area contributed by atoms with E-state index in [2.05, 4.69) is 16.0 Å². The maximum atomic E-state index is 14.0. The molecular formula is C34H35N5O7S. The highest BCUT2D eigenvalue weighted by Gasteiger charge is 2.64. The Bertz CT molecular complexity index is 1930. The molecule has 12 nitrogen and oxygen atoms in total. The summed E-state index contributed by atoms with van der Waals surface area (Å²) >= 11 is 1.30. The lowest BCUT2D eigenvalue weighted by Crippen LogP contribution is -2.71. The number of nitrogens with one attached hydrogen (secondary N) is 3. The molecule has 0 spiro atoms. The number of thioether (sulfide) groups is 1. The number of carboxylic acid groups (broad SMARTS) is 1. The van der Waals surface area contributed by atoms with Crippen molar-refractivity contribution in [3.63, 3.8) is 0 Å². The van der Waals surface area contributed by atoms with Gasteiger partial charge in [-0.2, -0.15) is 0 Å². The van der Waals surface area contributed by atoms with E-state index in [1.165, 1.54) is 23.6 Å². The fourth-order valence-corrected chi connectivity index (χ4v) is 9.48. The molecular weight excluding hydrogens is 622 g/mol. The van der Waals surface area contributed by atoms with Gasteiger partial charge in [-0.05, 0) is 49.9 Å². The molecule has 3 aliphatic heterocycles. The molecule has 0 bridgehead atoms. The Morgan fingerprint density at radius 2 is 1.77 bits per heavy atom. The first kappa shape index (κ1) is 31.0. The Morgan fingerprint density at radius 1 is 1.04 bits per heavy atom. The van der Waals surface area contributed by atoms with Gasteiger partial charge in [-0.3, -0.25) is 24.0 Å². The monoisotopic (exact) mass is 657 g/mol. The number of benzene rings is 2. The van der Waals surface area contributed by atoms with E-state index in [4.69, 9.17) is 0 Å². The van der Waals surface area contributed by atoms with Crippen molar-refractivity contribution in [2.45, 2.75) is 86.7 Å². The zero-order valence-corrected chi connectivity index (χ0v) is 26.9. The molecule has 1 aliphatic carbocycles. The Kier molecular flexibility index (Phi) is 7.42. The zero-order chi connectivity index (χ0) is 33.4. The smallest absolute Gasteiger partial charge is 0.327 e. The first-order valence-corrected chi connectivity index (χ1v) is 16.6. The van der Waals surface area contributed by atoms with Crippen LogP contribution in [0.5, 0.6) is 0 Å². The number of carboxylic acids is 1. The Balaban J connectivity index is 1.22. The van der Waals surface area contributed by atoms with Crippen LogP contribution >= 0.6 is 11.8 Å². The summed E-state index contributed by atoms with van der Waals surface area (Å²) in [6, 6.07) is 8.86. The van der Waals surface area contributed by atoms with Gasteiger partial charge in [-0.1, -0.05) is 43.2 Å². The van der Waals surface area contributed by atoms with Crippen molar-refractivity contribution in [3.05, 3.63) is 75.6 Å². The normalized spacial score (nSPS) is 25.7. The number of β-lactam (4-membered cyclic amide) rings is 1. The molecule has 4 heterocycles. The number of amides is 4. The van der Waals surface area contributed by atoms with Crippen molar-refractivity contribution in [1.29, 1.82) is 0 Å². The molecule has 3 aromatic rings. The highest BCUT2D eigenvalue weighted by molar-refractivity contribution is 8.01. The quantitative estimate of drug-likeness (QED) is 0.281. The van der Waals surface area contributed by atoms with Crippen molar-refractivity contribution in [1.82, 2.24) is 20.1 Å². The maximum absolute atomic E-state index is 14.0. The molecule has 2 aromatic carbocycles. The number of carbonyl (C=O) groups is 5. The number of nitrogens with zero attached hydrogens (tertiary/aromatic N) is 2. The molecule has 47 heavy (non-hydrogen) atoms. The third kappa shape index (κ3) is 4.98. The van der Waals surface area contributed by atoms with Gasteiger partial charge in [0, 0.05) is 40.9 Å². The molecule has 6 unspecified atom stereocenters. The van der Waals surface area contributed by atoms with Gasteiger partial charge in [0.25, 0.3) is 5.91 Å². The summed E-state index contributed by atoms with van der Waals surface area (Å²) in [5, 5.41) is 17.8. The minimum atomic E-state index is -1.25. The molecule has 244 valence electrons. The second kappa shape index (κ2) is 11.3. The van der Waals surface area contributed by atoms with E-state index < -0.39 is 57.4 Å². The fourth-order valence-electron chi connectivity index (χ4n) is 7.85. The number of aliphatic carboxylic acids is 1. The van der Waals surface area contributed by atoms with Crippen LogP contribution in [0.25, 0.3) is 10.9 Å². The van der Waals surface area contributed by atoms with Crippen molar-refractivity contribution in [2.24, 2.45) is 0 Å². The van der Waals surface area contributed by atoms with Gasteiger partial charge < -0.3 is 30.5 Å². The van der Waals surface area contributed by atoms with Crippen LogP contribution in [-0.4, -0.2) is 66.4 Å². The minimum absolute atomic E-state index is 0.0598. The van der Waals surface area contributed by atoms with Crippen LogP contribution in [0, 0.1) is 0 Å². The summed E-state index contributed by atoms with van der Waals surface area (Å²) in [6.45, 7) is 4.90. The van der Waals surface area contributed by atoms with Crippen LogP contribution in [0.3, 0.4) is 0 Å². The summed E-state index contributed by atoms with van der Waals surface area (Å²) in [7, 11) is 0. The third-order valence-corrected chi connectivity index (χ3v) is 11.4. The molecule has 3 fully saturated rings. The number of hydrogen-bond donors (Lipinski definition) is 4. The van der Waals surface area contributed by atoms with E-state index >= 15 is 0 Å². The Morgan fingerprint density at radius 3 is 2.47 bits per heavy atom. The van der Waals surface area contributed by atoms with Gasteiger partial charge in [0.05, 0.1) is 5.52 Å². The summed E-state index contributed by atoms with van der Waals surface area (Å²) in [6.07, 6.45) is 5.46. The standard InChI is InChI=1S/C34H35N5O7S/c1-16(40)35-18-13-20-19-11-7-8-12-23(19)38-15-22(27(41)21(14-18)26(20)38)29(42)36-24(17-9-5-4-6-10-17)30(43)37-25-31(44)39-28(33(45)46)34(2,3)47-32(25)39/h4-6,9-10,13-15,19,23-25,28,32H,7-8,11-12H2,1-3H3,(H,35,40)(H,36,42)(H,37,43)(H,45,46). The maximum Gasteiger partial charge on any atom is 0.327 e. The summed E-state index contributed by atoms with van der Waals surface area (Å²) in [4.78, 5) is 80.1. The molecule has 4 N–H and O–H groups in total. The van der Waals surface area contributed by atoms with E-state index in [0.717, 1.165) is 36.8 Å². The first-order chi connectivity index (χ1) is 22.4. The number of pyridine rings is 1. The van der Waals surface area contributed by atoms with Gasteiger partial charge in [0.15, 0.2) is 0 Å². The van der Waals surface area contributed by atoms with E-state index in [0.29, 0.717) is 16.6 Å². The lowest BCUT2D eigenvalue weighted by molar-refractivity contribution is -0.161. The largest absolute Gasteiger partial charge is 0.480 e. The zero-order valence-electron chi connectivity index (χ0n) is 26.1. The van der Waals surface area contributed by atoms with Crippen molar-refractivity contribution in [3.8, 4) is 0 Å². The number of fused-ring (bicyclic) bond motifs is 4. The van der Waals surface area contributed by atoms with Gasteiger partial charge in [-0.25, -0.2) is 4.79 Å². The van der Waals surface area contributed by atoms with E-state index in [9.17, 15) is 33.9 Å². The molecule has 2 saturated heterocycles. The van der Waals surface area contributed by atoms with E-state index in [1.807, 2.05) is 10.6 Å². The molecule has 6 atom stereocenters. The molecule has 7 rings (SSSR count). The Labute approximate surface area is 274 Å². The van der Waals surface area contributed by atoms with Gasteiger partial charge in [0.2, 0.25) is 23.2 Å². The highest BCUT2D eigenvalue weighted by atomic mass is 32.2. The number of aromatic nitrogens is 1. The van der Waals surface area contributed by atoms with Crippen LogP contribution in [0.2, 0.25) is 0 Å². The minimum Gasteiger partial charge on any atom is -0.480 e. The average molecular weight is 658 g/mol. The number of rotatable bonds is 7. The fraction of sp³-hybridized carbons (Fsp3) is 0.412. The van der Waals surface area contributed by atoms with Gasteiger partial charge in [0.1, 0.15) is 29.1 Å². The van der Waals surface area contributed by atoms with Crippen molar-refractivity contribution in [2.75, 3.05) is 5.32 Å². The summed E-state index contributed by atoms with van der Waals surface area (Å²) in [5.74, 6) is -3.15. The molecule has 0 radical (unpaired) electrons. The van der Waals surface area contributed by atoms with Gasteiger partial charge >= 0.3 is 5.97 Å².